The van der Waals surface area contributed by atoms with Gasteiger partial charge in [-0.3, -0.25) is 9.24 Å². The fourth-order valence-electron chi connectivity index (χ4n) is 9.24. The van der Waals surface area contributed by atoms with Crippen molar-refractivity contribution in [2.75, 3.05) is 4.67 Å². The van der Waals surface area contributed by atoms with Crippen LogP contribution in [0, 0.1) is 0 Å². The van der Waals surface area contributed by atoms with Crippen molar-refractivity contribution in [3.63, 3.8) is 0 Å². The van der Waals surface area contributed by atoms with E-state index in [-0.39, 0.29) is 0 Å². The summed E-state index contributed by atoms with van der Waals surface area (Å²) in [5.74, 6) is 1.84. The summed E-state index contributed by atoms with van der Waals surface area (Å²) >= 11 is 0. The summed E-state index contributed by atoms with van der Waals surface area (Å²) in [7, 11) is -3.45. The Kier molecular flexibility index (Phi) is 8.34. The molecule has 12 rings (SSSR count). The fraction of sp³-hybridized carbons (Fsp3) is 0. The molecule has 11 aromatic rings. The van der Waals surface area contributed by atoms with Crippen LogP contribution in [-0.2, 0) is 4.57 Å². The molecule has 0 saturated carbocycles. The number of aromatic nitrogens is 4. The van der Waals surface area contributed by atoms with Gasteiger partial charge in [-0.25, -0.2) is 15.0 Å². The van der Waals surface area contributed by atoms with Crippen LogP contribution in [0.25, 0.3) is 83.6 Å². The summed E-state index contributed by atoms with van der Waals surface area (Å²) in [6.45, 7) is 0. The van der Waals surface area contributed by atoms with Crippen LogP contribution in [0.3, 0.4) is 0 Å². The highest BCUT2D eigenvalue weighted by Crippen LogP contribution is 2.62. The van der Waals surface area contributed by atoms with Crippen molar-refractivity contribution in [2.24, 2.45) is 0 Å². The minimum Gasteiger partial charge on any atom is -0.309 e. The van der Waals surface area contributed by atoms with Crippen LogP contribution in [0.15, 0.2) is 218 Å². The predicted molar refractivity (Wildman–Crippen MR) is 255 cm³/mol. The van der Waals surface area contributed by atoms with Crippen LogP contribution < -0.4 is 15.3 Å². The molecule has 62 heavy (non-hydrogen) atoms. The summed E-state index contributed by atoms with van der Waals surface area (Å²) in [6.07, 6.45) is 0. The second-order valence-corrected chi connectivity index (χ2v) is 18.1. The monoisotopic (exact) mass is 813 g/mol. The standard InChI is InChI=1S/C55H36N5OP/c61-62(40-25-11-4-12-26-40)52-32-18-16-30-44(52)47-35-46-43-29-15-17-31-48(43)59(50(46)36-51(47)60(62)39-23-9-3-10-24-39)49-34-33-45(41-27-13-14-28-42(41)49)55-57-53(37-19-5-1-6-20-37)56-54(58-55)38-21-7-2-8-22-38/h1-36H. The molecule has 0 bridgehead atoms. The van der Waals surface area contributed by atoms with E-state index in [1.807, 2.05) is 121 Å². The molecule has 2 aromatic heterocycles. The smallest absolute Gasteiger partial charge is 0.234 e. The largest absolute Gasteiger partial charge is 0.309 e. The van der Waals surface area contributed by atoms with Gasteiger partial charge >= 0.3 is 0 Å². The normalized spacial score (nSPS) is 14.5. The third-order valence-corrected chi connectivity index (χ3v) is 15.1. The van der Waals surface area contributed by atoms with Crippen LogP contribution in [0.4, 0.5) is 11.4 Å². The van der Waals surface area contributed by atoms with Gasteiger partial charge in [0.1, 0.15) is 0 Å². The summed E-state index contributed by atoms with van der Waals surface area (Å²) in [5.41, 5.74) is 9.66. The van der Waals surface area contributed by atoms with E-state index in [9.17, 15) is 0 Å². The Hall–Kier alpha value is -7.92. The molecule has 0 amide bonds. The van der Waals surface area contributed by atoms with Crippen molar-refractivity contribution in [1.82, 2.24) is 19.5 Å². The van der Waals surface area contributed by atoms with Crippen LogP contribution >= 0.6 is 7.29 Å². The topological polar surface area (TPSA) is 63.9 Å². The highest BCUT2D eigenvalue weighted by atomic mass is 31.2. The number of benzene rings is 9. The van der Waals surface area contributed by atoms with Gasteiger partial charge in [0.15, 0.2) is 17.5 Å². The maximum atomic E-state index is 16.3. The second-order valence-electron chi connectivity index (χ2n) is 15.5. The molecule has 0 saturated heterocycles. The number of para-hydroxylation sites is 2. The van der Waals surface area contributed by atoms with Crippen LogP contribution in [0.5, 0.6) is 0 Å². The molecule has 0 spiro atoms. The molecule has 1 aliphatic rings. The van der Waals surface area contributed by atoms with Crippen molar-refractivity contribution >= 4 is 61.9 Å². The molecule has 3 heterocycles. The molecule has 9 aromatic carbocycles. The zero-order valence-corrected chi connectivity index (χ0v) is 34.3. The lowest BCUT2D eigenvalue weighted by atomic mass is 9.99. The molecule has 0 radical (unpaired) electrons. The molecule has 1 atom stereocenters. The van der Waals surface area contributed by atoms with Crippen molar-refractivity contribution in [3.05, 3.63) is 218 Å². The summed E-state index contributed by atoms with van der Waals surface area (Å²) in [6, 6.07) is 74.5. The first-order chi connectivity index (χ1) is 30.6. The number of nitrogens with zero attached hydrogens (tertiary/aromatic N) is 5. The lowest BCUT2D eigenvalue weighted by Crippen LogP contribution is -2.33. The van der Waals surface area contributed by atoms with E-state index in [1.54, 1.807) is 0 Å². The van der Waals surface area contributed by atoms with E-state index >= 15 is 4.57 Å². The Morgan fingerprint density at radius 1 is 0.371 bits per heavy atom. The van der Waals surface area contributed by atoms with Gasteiger partial charge in [-0.2, -0.15) is 0 Å². The molecule has 292 valence electrons. The van der Waals surface area contributed by atoms with E-state index in [4.69, 9.17) is 15.0 Å². The first-order valence-electron chi connectivity index (χ1n) is 20.7. The van der Waals surface area contributed by atoms with E-state index in [2.05, 4.69) is 106 Å². The van der Waals surface area contributed by atoms with E-state index in [1.165, 1.54) is 0 Å². The van der Waals surface area contributed by atoms with Crippen molar-refractivity contribution in [3.8, 4) is 51.0 Å². The number of hydrogen-bond acceptors (Lipinski definition) is 4. The van der Waals surface area contributed by atoms with E-state index in [0.29, 0.717) is 17.5 Å². The summed E-state index contributed by atoms with van der Waals surface area (Å²) in [4.78, 5) is 15.2. The third kappa shape index (κ3) is 5.58. The van der Waals surface area contributed by atoms with Gasteiger partial charge in [0.25, 0.3) is 0 Å². The zero-order valence-electron chi connectivity index (χ0n) is 33.4. The number of rotatable bonds is 6. The van der Waals surface area contributed by atoms with E-state index < -0.39 is 7.29 Å². The lowest BCUT2D eigenvalue weighted by Gasteiger charge is -2.40. The second kappa shape index (κ2) is 14.4. The van der Waals surface area contributed by atoms with Gasteiger partial charge in [0.05, 0.1) is 22.4 Å². The molecule has 0 fully saturated rings. The van der Waals surface area contributed by atoms with Gasteiger partial charge in [-0.05, 0) is 71.6 Å². The summed E-state index contributed by atoms with van der Waals surface area (Å²) in [5, 5.41) is 5.94. The Morgan fingerprint density at radius 2 is 0.919 bits per heavy atom. The van der Waals surface area contributed by atoms with Crippen LogP contribution in [0.1, 0.15) is 0 Å². The molecule has 6 nitrogen and oxygen atoms in total. The SMILES string of the molecule is O=P1(c2ccccc2)c2ccccc2-c2cc3c4ccccc4n(-c4ccc(-c5nc(-c6ccccc6)nc(-c6ccccc6)n5)c5ccccc45)c3cc2N1c1ccccc1. The van der Waals surface area contributed by atoms with Gasteiger partial charge in [-0.15, -0.1) is 0 Å². The molecule has 0 N–H and O–H groups in total. The number of fused-ring (bicyclic) bond motifs is 7. The average molecular weight is 814 g/mol. The average Bonchev–Trinajstić information content (AvgIpc) is 3.67. The Balaban J connectivity index is 1.13. The third-order valence-electron chi connectivity index (χ3n) is 12.0. The Labute approximate surface area is 358 Å². The quantitative estimate of drug-likeness (QED) is 0.156. The van der Waals surface area contributed by atoms with Crippen molar-refractivity contribution in [2.45, 2.75) is 0 Å². The van der Waals surface area contributed by atoms with Gasteiger partial charge in [0.2, 0.25) is 7.29 Å². The number of anilines is 2. The van der Waals surface area contributed by atoms with E-state index in [0.717, 1.165) is 88.1 Å². The minimum absolute atomic E-state index is 0.602. The summed E-state index contributed by atoms with van der Waals surface area (Å²) < 4.78 is 20.8. The first-order valence-corrected chi connectivity index (χ1v) is 22.4. The molecular formula is C55H36N5OP. The highest BCUT2D eigenvalue weighted by molar-refractivity contribution is 7.80. The molecule has 0 aliphatic carbocycles. The zero-order chi connectivity index (χ0) is 41.2. The maximum Gasteiger partial charge on any atom is 0.234 e. The van der Waals surface area contributed by atoms with Gasteiger partial charge in [-0.1, -0.05) is 158 Å². The van der Waals surface area contributed by atoms with Crippen molar-refractivity contribution < 1.29 is 4.57 Å². The minimum atomic E-state index is -3.45. The van der Waals surface area contributed by atoms with Gasteiger partial charge in [0, 0.05) is 54.7 Å². The van der Waals surface area contributed by atoms with Crippen LogP contribution in [-0.4, -0.2) is 19.5 Å². The predicted octanol–water partition coefficient (Wildman–Crippen LogP) is 13.2. The fourth-order valence-corrected chi connectivity index (χ4v) is 12.3. The molecule has 1 aliphatic heterocycles. The number of hydrogen-bond donors (Lipinski definition) is 0. The van der Waals surface area contributed by atoms with Crippen molar-refractivity contribution in [1.29, 1.82) is 0 Å². The van der Waals surface area contributed by atoms with Gasteiger partial charge < -0.3 is 4.57 Å². The molecular weight excluding hydrogens is 778 g/mol. The Morgan fingerprint density at radius 3 is 1.61 bits per heavy atom. The molecule has 7 heteroatoms. The van der Waals surface area contributed by atoms with Crippen LogP contribution in [0.2, 0.25) is 0 Å². The Bertz CT molecular complexity index is 3500. The maximum absolute atomic E-state index is 16.3. The lowest BCUT2D eigenvalue weighted by molar-refractivity contribution is 0.587. The first kappa shape index (κ1) is 36.0. The molecule has 1 unspecified atom stereocenters. The highest BCUT2D eigenvalue weighted by Gasteiger charge is 2.43.